The van der Waals surface area contributed by atoms with Crippen LogP contribution in [0.1, 0.15) is 118 Å². The molecule has 4 atom stereocenters. The van der Waals surface area contributed by atoms with E-state index in [1.807, 2.05) is 0 Å². The Labute approximate surface area is 185 Å². The van der Waals surface area contributed by atoms with Gasteiger partial charge >= 0.3 is 11.9 Å². The van der Waals surface area contributed by atoms with Crippen molar-refractivity contribution in [2.45, 2.75) is 118 Å². The Bertz CT molecular complexity index is 462. The van der Waals surface area contributed by atoms with Gasteiger partial charge in [0.15, 0.2) is 0 Å². The van der Waals surface area contributed by atoms with Crippen molar-refractivity contribution in [2.24, 2.45) is 23.7 Å². The number of hydrogen-bond acceptors (Lipinski definition) is 4. The minimum atomic E-state index is -0.341. The zero-order valence-electron chi connectivity index (χ0n) is 20.3. The lowest BCUT2D eigenvalue weighted by Gasteiger charge is -2.23. The summed E-state index contributed by atoms with van der Waals surface area (Å²) in [6.45, 7) is 9.57. The summed E-state index contributed by atoms with van der Waals surface area (Å²) in [6, 6.07) is 0. The van der Waals surface area contributed by atoms with E-state index in [0.29, 0.717) is 13.2 Å². The molecule has 30 heavy (non-hydrogen) atoms. The van der Waals surface area contributed by atoms with Crippen molar-refractivity contribution in [3.8, 4) is 0 Å². The summed E-state index contributed by atoms with van der Waals surface area (Å²) in [4.78, 5) is 25.7. The molecule has 0 N–H and O–H groups in total. The molecule has 0 aromatic heterocycles. The lowest BCUT2D eigenvalue weighted by Crippen LogP contribution is -2.34. The Morgan fingerprint density at radius 1 is 0.667 bits per heavy atom. The van der Waals surface area contributed by atoms with Gasteiger partial charge in [0.25, 0.3) is 0 Å². The van der Waals surface area contributed by atoms with Crippen LogP contribution < -0.4 is 0 Å². The van der Waals surface area contributed by atoms with Crippen LogP contribution in [0.25, 0.3) is 0 Å². The van der Waals surface area contributed by atoms with E-state index in [1.54, 1.807) is 0 Å². The van der Waals surface area contributed by atoms with Crippen LogP contribution in [-0.2, 0) is 19.1 Å². The standard InChI is InChI=1S/C26H48O4/c1-5-8-10-12-14-16-18-29-25(27)23-21(4)20-22(7-3)24(23)26(28)30-19-17-15-13-11-9-6-2/h21-24H,5-20H2,1-4H3. The first-order valence-corrected chi connectivity index (χ1v) is 12.9. The number of unbranched alkanes of at least 4 members (excludes halogenated alkanes) is 10. The fraction of sp³-hybridized carbons (Fsp3) is 0.923. The number of carbonyl (C=O) groups excluding carboxylic acids is 2. The highest BCUT2D eigenvalue weighted by Crippen LogP contribution is 2.44. The predicted octanol–water partition coefficient (Wildman–Crippen LogP) is 7.09. The number of carbonyl (C=O) groups is 2. The van der Waals surface area contributed by atoms with Gasteiger partial charge in [0, 0.05) is 0 Å². The molecule has 1 aliphatic rings. The van der Waals surface area contributed by atoms with E-state index in [0.717, 1.165) is 38.5 Å². The van der Waals surface area contributed by atoms with E-state index in [1.165, 1.54) is 51.4 Å². The molecule has 0 spiro atoms. The number of hydrogen-bond donors (Lipinski definition) is 0. The molecule has 4 unspecified atom stereocenters. The summed E-state index contributed by atoms with van der Waals surface area (Å²) in [5.41, 5.74) is 0. The van der Waals surface area contributed by atoms with E-state index in [2.05, 4.69) is 27.7 Å². The number of ether oxygens (including phenoxy) is 2. The molecule has 1 aliphatic carbocycles. The van der Waals surface area contributed by atoms with Gasteiger partial charge in [-0.3, -0.25) is 9.59 Å². The Morgan fingerprint density at radius 3 is 1.57 bits per heavy atom. The van der Waals surface area contributed by atoms with Gasteiger partial charge in [-0.1, -0.05) is 98.3 Å². The van der Waals surface area contributed by atoms with Crippen LogP contribution in [-0.4, -0.2) is 25.2 Å². The van der Waals surface area contributed by atoms with Crippen LogP contribution in [0.15, 0.2) is 0 Å². The van der Waals surface area contributed by atoms with Crippen molar-refractivity contribution in [2.75, 3.05) is 13.2 Å². The smallest absolute Gasteiger partial charge is 0.310 e. The average molecular weight is 425 g/mol. The highest BCUT2D eigenvalue weighted by Gasteiger charge is 2.49. The monoisotopic (exact) mass is 424 g/mol. The maximum absolute atomic E-state index is 12.9. The quantitative estimate of drug-likeness (QED) is 0.185. The molecular weight excluding hydrogens is 376 g/mol. The maximum atomic E-state index is 12.9. The summed E-state index contributed by atoms with van der Waals surface area (Å²) in [5, 5.41) is 0. The Hall–Kier alpha value is -1.06. The first-order valence-electron chi connectivity index (χ1n) is 12.9. The van der Waals surface area contributed by atoms with Crippen LogP contribution in [0.5, 0.6) is 0 Å². The van der Waals surface area contributed by atoms with Crippen molar-refractivity contribution in [3.63, 3.8) is 0 Å². The summed E-state index contributed by atoms with van der Waals surface area (Å²) in [5.74, 6) is -0.633. The van der Waals surface area contributed by atoms with Crippen molar-refractivity contribution < 1.29 is 19.1 Å². The molecule has 0 bridgehead atoms. The zero-order chi connectivity index (χ0) is 22.2. The Balaban J connectivity index is 2.43. The highest BCUT2D eigenvalue weighted by atomic mass is 16.5. The van der Waals surface area contributed by atoms with Crippen molar-refractivity contribution in [1.82, 2.24) is 0 Å². The van der Waals surface area contributed by atoms with Gasteiger partial charge in [-0.25, -0.2) is 0 Å². The van der Waals surface area contributed by atoms with E-state index >= 15 is 0 Å². The van der Waals surface area contributed by atoms with E-state index in [-0.39, 0.29) is 35.6 Å². The largest absolute Gasteiger partial charge is 0.465 e. The number of esters is 2. The molecule has 4 nitrogen and oxygen atoms in total. The van der Waals surface area contributed by atoms with Crippen molar-refractivity contribution >= 4 is 11.9 Å². The minimum Gasteiger partial charge on any atom is -0.465 e. The fourth-order valence-corrected chi connectivity index (χ4v) is 4.86. The second-order valence-corrected chi connectivity index (χ2v) is 9.30. The van der Waals surface area contributed by atoms with Crippen LogP contribution in [0.2, 0.25) is 0 Å². The molecule has 1 saturated carbocycles. The normalized spacial score (nSPS) is 23.5. The molecule has 4 heteroatoms. The molecule has 0 radical (unpaired) electrons. The molecule has 0 aromatic carbocycles. The molecule has 176 valence electrons. The van der Waals surface area contributed by atoms with Crippen LogP contribution in [0.4, 0.5) is 0 Å². The van der Waals surface area contributed by atoms with Gasteiger partial charge in [0.05, 0.1) is 25.0 Å². The Kier molecular flexibility index (Phi) is 14.9. The maximum Gasteiger partial charge on any atom is 0.310 e. The van der Waals surface area contributed by atoms with Crippen molar-refractivity contribution in [3.05, 3.63) is 0 Å². The van der Waals surface area contributed by atoms with Crippen LogP contribution in [0.3, 0.4) is 0 Å². The molecule has 0 aliphatic heterocycles. The molecule has 1 fully saturated rings. The second-order valence-electron chi connectivity index (χ2n) is 9.30. The molecule has 0 aromatic rings. The molecular formula is C26H48O4. The van der Waals surface area contributed by atoms with Gasteiger partial charge in [0.1, 0.15) is 0 Å². The van der Waals surface area contributed by atoms with E-state index in [4.69, 9.17) is 9.47 Å². The number of rotatable bonds is 17. The van der Waals surface area contributed by atoms with Gasteiger partial charge in [0.2, 0.25) is 0 Å². The predicted molar refractivity (Wildman–Crippen MR) is 123 cm³/mol. The second kappa shape index (κ2) is 16.6. The van der Waals surface area contributed by atoms with Crippen LogP contribution in [0, 0.1) is 23.7 Å². The average Bonchev–Trinajstić information content (AvgIpc) is 3.08. The highest BCUT2D eigenvalue weighted by molar-refractivity contribution is 5.83. The summed E-state index contributed by atoms with van der Waals surface area (Å²) in [6.07, 6.45) is 15.8. The summed E-state index contributed by atoms with van der Waals surface area (Å²) >= 11 is 0. The lowest BCUT2D eigenvalue weighted by atomic mass is 9.86. The lowest BCUT2D eigenvalue weighted by molar-refractivity contribution is -0.162. The fourth-order valence-electron chi connectivity index (χ4n) is 4.86. The van der Waals surface area contributed by atoms with Gasteiger partial charge in [-0.2, -0.15) is 0 Å². The third-order valence-corrected chi connectivity index (χ3v) is 6.74. The molecule has 0 amide bonds. The third kappa shape index (κ3) is 9.83. The van der Waals surface area contributed by atoms with E-state index < -0.39 is 0 Å². The first kappa shape index (κ1) is 27.0. The summed E-state index contributed by atoms with van der Waals surface area (Å²) in [7, 11) is 0. The van der Waals surface area contributed by atoms with Gasteiger partial charge in [-0.05, 0) is 31.1 Å². The zero-order valence-corrected chi connectivity index (χ0v) is 20.3. The minimum absolute atomic E-state index is 0.179. The SMILES string of the molecule is CCCCCCCCOC(=O)C1C(C)CC(CC)C1C(=O)OCCCCCCCC. The first-order chi connectivity index (χ1) is 14.6. The van der Waals surface area contributed by atoms with Crippen molar-refractivity contribution in [1.29, 1.82) is 0 Å². The Morgan fingerprint density at radius 2 is 1.10 bits per heavy atom. The summed E-state index contributed by atoms with van der Waals surface area (Å²) < 4.78 is 11.2. The topological polar surface area (TPSA) is 52.6 Å². The van der Waals surface area contributed by atoms with Gasteiger partial charge in [-0.15, -0.1) is 0 Å². The van der Waals surface area contributed by atoms with Crippen LogP contribution >= 0.6 is 0 Å². The van der Waals surface area contributed by atoms with Gasteiger partial charge < -0.3 is 9.47 Å². The molecule has 0 saturated heterocycles. The molecule has 1 rings (SSSR count). The molecule has 0 heterocycles. The third-order valence-electron chi connectivity index (χ3n) is 6.74. The van der Waals surface area contributed by atoms with E-state index in [9.17, 15) is 9.59 Å².